The molecule has 2 aliphatic heterocycles. The number of benzene rings is 1. The number of hydrogen-bond donors (Lipinski definition) is 2. The number of ether oxygens (including phenoxy) is 1. The highest BCUT2D eigenvalue weighted by atomic mass is 19.1. The van der Waals surface area contributed by atoms with Gasteiger partial charge in [-0.05, 0) is 50.5 Å². The molecule has 166 valence electrons. The first-order valence-corrected chi connectivity index (χ1v) is 10.5. The maximum absolute atomic E-state index is 15.3. The van der Waals surface area contributed by atoms with Crippen molar-refractivity contribution >= 4 is 6.08 Å². The molecule has 0 spiro atoms. The number of rotatable bonds is 4. The van der Waals surface area contributed by atoms with Crippen LogP contribution < -0.4 is 5.32 Å². The van der Waals surface area contributed by atoms with Gasteiger partial charge in [-0.15, -0.1) is 10.2 Å². The van der Waals surface area contributed by atoms with E-state index >= 15 is 4.39 Å². The maximum atomic E-state index is 15.3. The molecule has 8 nitrogen and oxygen atoms in total. The van der Waals surface area contributed by atoms with E-state index in [9.17, 15) is 5.11 Å². The quantitative estimate of drug-likeness (QED) is 0.649. The SMILES string of the molecule is CO[C@@H]1C[C@]2(C)N[C@@]1(C)C/C(=C\c1ncc(-c3ccc(-n4ccnc4)cc3O)nn1)[C@@H]2F. The lowest BCUT2D eigenvalue weighted by molar-refractivity contribution is 0.0536. The molecule has 4 atom stereocenters. The number of nitrogens with zero attached hydrogens (tertiary/aromatic N) is 5. The predicted octanol–water partition coefficient (Wildman–Crippen LogP) is 3.08. The summed E-state index contributed by atoms with van der Waals surface area (Å²) >= 11 is 0. The van der Waals surface area contributed by atoms with Crippen LogP contribution in [0.5, 0.6) is 5.75 Å². The van der Waals surface area contributed by atoms with Gasteiger partial charge in [-0.1, -0.05) is 0 Å². The zero-order valence-electron chi connectivity index (χ0n) is 18.2. The van der Waals surface area contributed by atoms with Crippen molar-refractivity contribution in [2.45, 2.75) is 50.0 Å². The molecule has 2 N–H and O–H groups in total. The first-order chi connectivity index (χ1) is 15.3. The van der Waals surface area contributed by atoms with Gasteiger partial charge in [0.05, 0.1) is 29.9 Å². The van der Waals surface area contributed by atoms with Crippen molar-refractivity contribution in [1.82, 2.24) is 30.0 Å². The Labute approximate surface area is 185 Å². The Kier molecular flexibility index (Phi) is 4.83. The Morgan fingerprint density at radius 2 is 2.12 bits per heavy atom. The van der Waals surface area contributed by atoms with E-state index in [2.05, 4.69) is 32.4 Å². The lowest BCUT2D eigenvalue weighted by atomic mass is 9.82. The minimum absolute atomic E-state index is 0.0589. The summed E-state index contributed by atoms with van der Waals surface area (Å²) in [5.41, 5.74) is 1.33. The molecule has 9 heteroatoms. The number of halogens is 1. The van der Waals surface area contributed by atoms with Crippen molar-refractivity contribution in [1.29, 1.82) is 0 Å². The third-order valence-corrected chi connectivity index (χ3v) is 6.59. The minimum atomic E-state index is -1.17. The van der Waals surface area contributed by atoms with Crippen molar-refractivity contribution in [3.63, 3.8) is 0 Å². The second-order valence-electron chi connectivity index (χ2n) is 9.02. The van der Waals surface area contributed by atoms with Gasteiger partial charge in [0, 0.05) is 36.7 Å². The van der Waals surface area contributed by atoms with Gasteiger partial charge in [-0.25, -0.2) is 14.4 Å². The number of methoxy groups -OCH3 is 1. The van der Waals surface area contributed by atoms with E-state index in [1.807, 2.05) is 13.0 Å². The standard InChI is InChI=1S/C23H25FN6O2/c1-22-10-14(21(24)23(2,29-22)11-19(22)32-3)8-20-26-12-17(27-28-20)16-5-4-15(9-18(16)31)30-7-6-25-13-30/h4-9,12-13,19,21,29,31H,10-11H2,1-3H3/b14-8+/t19-,21+,22+,23+/m1/s1. The molecule has 1 aromatic carbocycles. The smallest absolute Gasteiger partial charge is 0.174 e. The summed E-state index contributed by atoms with van der Waals surface area (Å²) in [7, 11) is 1.67. The van der Waals surface area contributed by atoms with Crippen LogP contribution in [-0.2, 0) is 4.74 Å². The van der Waals surface area contributed by atoms with E-state index < -0.39 is 11.7 Å². The van der Waals surface area contributed by atoms with Crippen LogP contribution in [0.3, 0.4) is 0 Å². The number of hydrogen-bond acceptors (Lipinski definition) is 7. The summed E-state index contributed by atoms with van der Waals surface area (Å²) in [4.78, 5) is 8.37. The fourth-order valence-electron chi connectivity index (χ4n) is 5.06. The van der Waals surface area contributed by atoms with Crippen LogP contribution in [0.1, 0.15) is 32.5 Å². The molecule has 2 saturated heterocycles. The summed E-state index contributed by atoms with van der Waals surface area (Å²) in [6, 6.07) is 5.23. The predicted molar refractivity (Wildman–Crippen MR) is 117 cm³/mol. The molecule has 2 bridgehead atoms. The van der Waals surface area contributed by atoms with Crippen LogP contribution >= 0.6 is 0 Å². The van der Waals surface area contributed by atoms with Crippen LogP contribution in [0.2, 0.25) is 0 Å². The third-order valence-electron chi connectivity index (χ3n) is 6.59. The molecule has 2 aromatic heterocycles. The largest absolute Gasteiger partial charge is 0.507 e. The zero-order valence-corrected chi connectivity index (χ0v) is 18.2. The number of aromatic hydroxyl groups is 1. The number of imidazole rings is 1. The summed E-state index contributed by atoms with van der Waals surface area (Å²) in [5, 5.41) is 22.3. The van der Waals surface area contributed by atoms with E-state index in [0.717, 1.165) is 5.69 Å². The summed E-state index contributed by atoms with van der Waals surface area (Å²) in [6.45, 7) is 3.95. The monoisotopic (exact) mass is 436 g/mol. The van der Waals surface area contributed by atoms with Crippen LogP contribution in [0, 0.1) is 0 Å². The van der Waals surface area contributed by atoms with Crippen LogP contribution in [0.25, 0.3) is 23.0 Å². The average Bonchev–Trinajstić information content (AvgIpc) is 3.38. The molecule has 0 radical (unpaired) electrons. The molecule has 2 fully saturated rings. The number of phenolic OH excluding ortho intramolecular Hbond substituents is 1. The van der Waals surface area contributed by atoms with Gasteiger partial charge in [0.15, 0.2) is 5.82 Å². The Bertz CT molecular complexity index is 1160. The van der Waals surface area contributed by atoms with E-state index in [1.165, 1.54) is 6.20 Å². The second-order valence-corrected chi connectivity index (χ2v) is 9.02. The first-order valence-electron chi connectivity index (χ1n) is 10.5. The number of fused-ring (bicyclic) bond motifs is 2. The highest BCUT2D eigenvalue weighted by Crippen LogP contribution is 2.47. The highest BCUT2D eigenvalue weighted by Gasteiger charge is 2.58. The summed E-state index contributed by atoms with van der Waals surface area (Å²) in [6.07, 6.45) is 8.20. The van der Waals surface area contributed by atoms with Gasteiger partial charge in [0.2, 0.25) is 0 Å². The molecule has 5 rings (SSSR count). The molecule has 32 heavy (non-hydrogen) atoms. The average molecular weight is 436 g/mol. The van der Waals surface area contributed by atoms with E-state index in [4.69, 9.17) is 4.74 Å². The molecule has 3 aromatic rings. The fraction of sp³-hybridized carbons (Fsp3) is 0.391. The van der Waals surface area contributed by atoms with Crippen LogP contribution in [0.4, 0.5) is 4.39 Å². The summed E-state index contributed by atoms with van der Waals surface area (Å²) in [5.74, 6) is 0.395. The van der Waals surface area contributed by atoms with Crippen molar-refractivity contribution < 1.29 is 14.2 Å². The molecule has 0 amide bonds. The topological polar surface area (TPSA) is 98.0 Å². The molecule has 4 heterocycles. The van der Waals surface area contributed by atoms with E-state index in [1.54, 1.807) is 48.6 Å². The Balaban J connectivity index is 1.40. The van der Waals surface area contributed by atoms with Gasteiger partial charge >= 0.3 is 0 Å². The van der Waals surface area contributed by atoms with Crippen LogP contribution in [-0.4, -0.2) is 60.3 Å². The number of piperidine rings is 1. The Hall–Kier alpha value is -3.17. The molecule has 2 aliphatic rings. The van der Waals surface area contributed by atoms with Gasteiger partial charge in [-0.3, -0.25) is 0 Å². The van der Waals surface area contributed by atoms with Gasteiger partial charge in [-0.2, -0.15) is 0 Å². The molecular formula is C23H25FN6O2. The van der Waals surface area contributed by atoms with Gasteiger partial charge in [0.25, 0.3) is 0 Å². The second kappa shape index (κ2) is 7.46. The molecule has 0 aliphatic carbocycles. The zero-order chi connectivity index (χ0) is 22.5. The fourth-order valence-corrected chi connectivity index (χ4v) is 5.06. The van der Waals surface area contributed by atoms with Crippen molar-refractivity contribution in [2.24, 2.45) is 0 Å². The number of aromatic nitrogens is 5. The van der Waals surface area contributed by atoms with Crippen molar-refractivity contribution in [3.05, 3.63) is 54.5 Å². The molecular weight excluding hydrogens is 411 g/mol. The molecule has 0 saturated carbocycles. The van der Waals surface area contributed by atoms with E-state index in [-0.39, 0.29) is 17.4 Å². The summed E-state index contributed by atoms with van der Waals surface area (Å²) < 4.78 is 22.7. The molecule has 0 unspecified atom stereocenters. The lowest BCUT2D eigenvalue weighted by Crippen LogP contribution is -2.59. The van der Waals surface area contributed by atoms with Gasteiger partial charge < -0.3 is 19.7 Å². The number of phenols is 1. The van der Waals surface area contributed by atoms with Gasteiger partial charge in [0.1, 0.15) is 17.6 Å². The lowest BCUT2D eigenvalue weighted by Gasteiger charge is -2.41. The van der Waals surface area contributed by atoms with Crippen molar-refractivity contribution in [3.8, 4) is 22.7 Å². The third kappa shape index (κ3) is 3.37. The maximum Gasteiger partial charge on any atom is 0.174 e. The van der Waals surface area contributed by atoms with Crippen molar-refractivity contribution in [2.75, 3.05) is 7.11 Å². The Morgan fingerprint density at radius 3 is 2.78 bits per heavy atom. The number of nitrogens with one attached hydrogen (secondary N) is 1. The Morgan fingerprint density at radius 1 is 1.28 bits per heavy atom. The normalized spacial score (nSPS) is 30.7. The highest BCUT2D eigenvalue weighted by molar-refractivity contribution is 5.68. The first kappa shape index (κ1) is 20.7. The van der Waals surface area contributed by atoms with Crippen LogP contribution in [0.15, 0.2) is 48.7 Å². The minimum Gasteiger partial charge on any atom is -0.507 e. The number of alkyl halides is 1. The van der Waals surface area contributed by atoms with E-state index in [0.29, 0.717) is 35.5 Å².